The van der Waals surface area contributed by atoms with Crippen LogP contribution in [0.1, 0.15) is 24.6 Å². The highest BCUT2D eigenvalue weighted by Gasteiger charge is 2.29. The fraction of sp³-hybridized carbons (Fsp3) is 0.571. The maximum absolute atomic E-state index is 9.63. The summed E-state index contributed by atoms with van der Waals surface area (Å²) in [4.78, 5) is 13.6. The highest BCUT2D eigenvalue weighted by molar-refractivity contribution is 7.40. The number of nitrogens with two attached hydrogens (primary N) is 1. The maximum Gasteiger partial charge on any atom is 0.330 e. The van der Waals surface area contributed by atoms with Crippen LogP contribution in [0, 0.1) is 0 Å². The molecule has 0 spiro atoms. The summed E-state index contributed by atoms with van der Waals surface area (Å²) >= 11 is 0. The van der Waals surface area contributed by atoms with Crippen LogP contribution in [0.15, 0.2) is 18.5 Å². The average molecular weight is 356 g/mol. The van der Waals surface area contributed by atoms with Crippen molar-refractivity contribution in [2.45, 2.75) is 25.0 Å². The van der Waals surface area contributed by atoms with Crippen LogP contribution in [-0.2, 0) is 18.5 Å². The molecule has 0 amide bonds. The molecule has 0 saturated carbocycles. The van der Waals surface area contributed by atoms with E-state index >= 15 is 0 Å². The van der Waals surface area contributed by atoms with E-state index in [0.717, 1.165) is 24.1 Å². The zero-order valence-electron chi connectivity index (χ0n) is 13.4. The Morgan fingerprint density at radius 1 is 1.38 bits per heavy atom. The summed E-state index contributed by atoms with van der Waals surface area (Å²) in [5.41, 5.74) is 7.54. The summed E-state index contributed by atoms with van der Waals surface area (Å²) in [7, 11) is -0.333. The number of anilines is 1. The first-order valence-corrected chi connectivity index (χ1v) is 8.79. The third kappa shape index (κ3) is 4.00. The van der Waals surface area contributed by atoms with Crippen molar-refractivity contribution in [1.82, 2.24) is 14.6 Å². The van der Waals surface area contributed by atoms with E-state index in [0.29, 0.717) is 19.0 Å². The molecule has 3 rings (SSSR count). The number of nitrogens with zero attached hydrogens (tertiary/aromatic N) is 3. The minimum Gasteiger partial charge on any atom is -0.382 e. The van der Waals surface area contributed by atoms with Crippen molar-refractivity contribution < 1.29 is 23.4 Å². The molecule has 10 heteroatoms. The van der Waals surface area contributed by atoms with Crippen LogP contribution >= 0.6 is 8.60 Å². The van der Waals surface area contributed by atoms with Crippen molar-refractivity contribution in [2.75, 3.05) is 32.7 Å². The molecular weight excluding hydrogens is 335 g/mol. The van der Waals surface area contributed by atoms with E-state index in [9.17, 15) is 4.89 Å². The van der Waals surface area contributed by atoms with Crippen LogP contribution in [-0.4, -0.2) is 52.5 Å². The topological polar surface area (TPSA) is 113 Å². The van der Waals surface area contributed by atoms with Gasteiger partial charge in [-0.15, -0.1) is 0 Å². The third-order valence-electron chi connectivity index (χ3n) is 3.81. The molecule has 3 unspecified atom stereocenters. The van der Waals surface area contributed by atoms with Gasteiger partial charge in [-0.05, 0) is 25.0 Å². The predicted octanol–water partition coefficient (Wildman–Crippen LogP) is 1.43. The number of aromatic nitrogens is 3. The molecule has 9 nitrogen and oxygen atoms in total. The number of ether oxygens (including phenoxy) is 2. The summed E-state index contributed by atoms with van der Waals surface area (Å²) in [5, 5.41) is 4.23. The molecule has 1 aliphatic rings. The molecule has 2 aromatic rings. The Hall–Kier alpha value is -1.35. The number of rotatable bonds is 8. The zero-order chi connectivity index (χ0) is 16.9. The average Bonchev–Trinajstić information content (AvgIpc) is 3.20. The van der Waals surface area contributed by atoms with E-state index in [1.165, 1.54) is 6.33 Å². The molecule has 3 N–H and O–H groups in total. The number of hydrogen-bond acceptors (Lipinski definition) is 8. The lowest BCUT2D eigenvalue weighted by atomic mass is 10.1. The normalized spacial score (nSPS) is 22.2. The Bertz CT molecular complexity index is 670. The Balaban J connectivity index is 1.52. The summed E-state index contributed by atoms with van der Waals surface area (Å²) in [6, 6.07) is 3.83. The molecule has 24 heavy (non-hydrogen) atoms. The molecule has 1 saturated heterocycles. The van der Waals surface area contributed by atoms with E-state index < -0.39 is 8.60 Å². The number of fused-ring (bicyclic) bond motifs is 1. The number of methoxy groups -OCH3 is 1. The summed E-state index contributed by atoms with van der Waals surface area (Å²) in [6.45, 7) is 0.993. The van der Waals surface area contributed by atoms with Crippen LogP contribution < -0.4 is 5.73 Å². The standard InChI is InChI=1S/C14H21N4O5P/c1-20-6-7-21-24(19)22-8-10-2-5-13(23-10)11-3-4-12-14(15)16-9-17-18(11)12/h3-4,9-10,13,19H,2,5-8H2,1H3,(H2,15,16,17). The van der Waals surface area contributed by atoms with Gasteiger partial charge in [0, 0.05) is 7.11 Å². The van der Waals surface area contributed by atoms with Gasteiger partial charge in [0.1, 0.15) is 17.9 Å². The largest absolute Gasteiger partial charge is 0.382 e. The lowest BCUT2D eigenvalue weighted by Crippen LogP contribution is -2.14. The van der Waals surface area contributed by atoms with Gasteiger partial charge in [0.2, 0.25) is 0 Å². The van der Waals surface area contributed by atoms with E-state index in [1.54, 1.807) is 11.6 Å². The van der Waals surface area contributed by atoms with Crippen molar-refractivity contribution in [3.8, 4) is 0 Å². The van der Waals surface area contributed by atoms with Crippen molar-refractivity contribution in [2.24, 2.45) is 0 Å². The predicted molar refractivity (Wildman–Crippen MR) is 87.2 cm³/mol. The van der Waals surface area contributed by atoms with E-state index in [-0.39, 0.29) is 18.8 Å². The Morgan fingerprint density at radius 3 is 3.08 bits per heavy atom. The smallest absolute Gasteiger partial charge is 0.330 e. The molecule has 2 aromatic heterocycles. The van der Waals surface area contributed by atoms with Crippen LogP contribution in [0.25, 0.3) is 5.52 Å². The van der Waals surface area contributed by atoms with E-state index in [1.807, 2.05) is 12.1 Å². The molecule has 3 heterocycles. The zero-order valence-corrected chi connectivity index (χ0v) is 14.3. The second-order valence-electron chi connectivity index (χ2n) is 5.38. The highest BCUT2D eigenvalue weighted by atomic mass is 31.2. The molecule has 1 aliphatic heterocycles. The van der Waals surface area contributed by atoms with Gasteiger partial charge in [-0.25, -0.2) is 9.50 Å². The lowest BCUT2D eigenvalue weighted by Gasteiger charge is -2.16. The van der Waals surface area contributed by atoms with Crippen LogP contribution in [0.3, 0.4) is 0 Å². The second kappa shape index (κ2) is 8.15. The highest BCUT2D eigenvalue weighted by Crippen LogP contribution is 2.37. The van der Waals surface area contributed by atoms with Crippen molar-refractivity contribution >= 4 is 19.9 Å². The first kappa shape index (κ1) is 17.5. The minimum atomic E-state index is -1.90. The Labute approximate surface area is 140 Å². The Morgan fingerprint density at radius 2 is 2.25 bits per heavy atom. The van der Waals surface area contributed by atoms with Gasteiger partial charge in [0.25, 0.3) is 0 Å². The molecule has 132 valence electrons. The maximum atomic E-state index is 9.63. The molecule has 1 fully saturated rings. The van der Waals surface area contributed by atoms with E-state index in [2.05, 4.69) is 10.1 Å². The SMILES string of the molecule is COCCOP(O)OCC1CCC(c2ccc3c(N)ncnn23)O1. The first-order valence-electron chi connectivity index (χ1n) is 7.66. The molecule has 0 aliphatic carbocycles. The fourth-order valence-electron chi connectivity index (χ4n) is 2.65. The van der Waals surface area contributed by atoms with Crippen molar-refractivity contribution in [1.29, 1.82) is 0 Å². The summed E-state index contributed by atoms with van der Waals surface area (Å²) in [6.07, 6.45) is 2.92. The van der Waals surface area contributed by atoms with E-state index in [4.69, 9.17) is 24.3 Å². The number of hydrogen-bond donors (Lipinski definition) is 2. The molecule has 3 atom stereocenters. The number of nitrogen functional groups attached to an aromatic ring is 1. The lowest BCUT2D eigenvalue weighted by molar-refractivity contribution is 0.00939. The Kier molecular flexibility index (Phi) is 5.94. The first-order chi connectivity index (χ1) is 11.7. The van der Waals surface area contributed by atoms with Gasteiger partial charge < -0.3 is 29.1 Å². The van der Waals surface area contributed by atoms with Gasteiger partial charge in [0.05, 0.1) is 31.6 Å². The molecule has 0 aromatic carbocycles. The van der Waals surface area contributed by atoms with Gasteiger partial charge in [0.15, 0.2) is 5.82 Å². The minimum absolute atomic E-state index is 0.0882. The van der Waals surface area contributed by atoms with Gasteiger partial charge >= 0.3 is 8.60 Å². The summed E-state index contributed by atoms with van der Waals surface area (Å²) < 4.78 is 23.0. The molecule has 0 radical (unpaired) electrons. The van der Waals surface area contributed by atoms with Gasteiger partial charge in [-0.1, -0.05) is 0 Å². The molecule has 0 bridgehead atoms. The second-order valence-corrected chi connectivity index (χ2v) is 6.38. The monoisotopic (exact) mass is 356 g/mol. The van der Waals surface area contributed by atoms with Crippen LogP contribution in [0.2, 0.25) is 0 Å². The van der Waals surface area contributed by atoms with Crippen molar-refractivity contribution in [3.05, 3.63) is 24.2 Å². The third-order valence-corrected chi connectivity index (χ3v) is 4.58. The van der Waals surface area contributed by atoms with Crippen LogP contribution in [0.5, 0.6) is 0 Å². The van der Waals surface area contributed by atoms with Crippen LogP contribution in [0.4, 0.5) is 5.82 Å². The fourth-order valence-corrected chi connectivity index (χ4v) is 3.24. The molecular formula is C14H21N4O5P. The van der Waals surface area contributed by atoms with Crippen molar-refractivity contribution in [3.63, 3.8) is 0 Å². The summed E-state index contributed by atoms with van der Waals surface area (Å²) in [5.74, 6) is 0.438. The quantitative estimate of drug-likeness (QED) is 0.539. The van der Waals surface area contributed by atoms with Gasteiger partial charge in [-0.3, -0.25) is 0 Å². The van der Waals surface area contributed by atoms with Gasteiger partial charge in [-0.2, -0.15) is 5.10 Å².